The van der Waals surface area contributed by atoms with Crippen molar-refractivity contribution < 1.29 is 15.3 Å². The molecule has 0 fully saturated rings. The molecule has 0 heterocycles. The van der Waals surface area contributed by atoms with Crippen LogP contribution in [0.1, 0.15) is 25.7 Å². The van der Waals surface area contributed by atoms with Crippen molar-refractivity contribution in [3.8, 4) is 0 Å². The molecule has 18 heavy (non-hydrogen) atoms. The van der Waals surface area contributed by atoms with Gasteiger partial charge in [-0.25, -0.2) is 0 Å². The second-order valence-electron chi connectivity index (χ2n) is 4.83. The summed E-state index contributed by atoms with van der Waals surface area (Å²) >= 11 is 0. The van der Waals surface area contributed by atoms with E-state index >= 15 is 0 Å². The molecule has 0 aromatic rings. The van der Waals surface area contributed by atoms with Gasteiger partial charge in [-0.05, 0) is 31.1 Å². The summed E-state index contributed by atoms with van der Waals surface area (Å²) < 4.78 is 0. The van der Waals surface area contributed by atoms with Crippen LogP contribution >= 0.6 is 0 Å². The van der Waals surface area contributed by atoms with E-state index in [2.05, 4.69) is 19.7 Å². The van der Waals surface area contributed by atoms with Crippen LogP contribution in [0.15, 0.2) is 38.0 Å². The predicted octanol–water partition coefficient (Wildman–Crippen LogP) is 2.05. The Balaban J connectivity index is 5.60. The zero-order chi connectivity index (χ0) is 14.1. The number of aliphatic hydroxyl groups excluding tert-OH is 3. The van der Waals surface area contributed by atoms with Gasteiger partial charge in [-0.2, -0.15) is 0 Å². The van der Waals surface area contributed by atoms with Crippen LogP contribution in [0.25, 0.3) is 0 Å². The van der Waals surface area contributed by atoms with E-state index in [0.717, 1.165) is 0 Å². The molecule has 0 spiro atoms. The van der Waals surface area contributed by atoms with Gasteiger partial charge in [0.05, 0.1) is 13.2 Å². The minimum Gasteiger partial charge on any atom is -0.396 e. The van der Waals surface area contributed by atoms with Gasteiger partial charge in [0.1, 0.15) is 0 Å². The Morgan fingerprint density at radius 3 is 1.39 bits per heavy atom. The molecule has 0 aliphatic rings. The van der Waals surface area contributed by atoms with Crippen LogP contribution in [-0.2, 0) is 0 Å². The van der Waals surface area contributed by atoms with Gasteiger partial charge in [0.2, 0.25) is 0 Å². The first-order valence-corrected chi connectivity index (χ1v) is 6.27. The molecule has 0 unspecified atom stereocenters. The van der Waals surface area contributed by atoms with E-state index in [4.69, 9.17) is 0 Å². The minimum atomic E-state index is -0.708. The van der Waals surface area contributed by atoms with Crippen molar-refractivity contribution in [2.75, 3.05) is 19.8 Å². The average molecular weight is 254 g/mol. The fourth-order valence-corrected chi connectivity index (χ4v) is 2.76. The minimum absolute atomic E-state index is 0.000568. The standard InChI is InChI=1S/C15H26O3/c1-4-7-14(8-5-2,10-11-16)15(12-17,13-18)9-6-3/h4-6,16-18H,1-3,7-13H2. The highest BCUT2D eigenvalue weighted by molar-refractivity contribution is 5.05. The lowest BCUT2D eigenvalue weighted by Crippen LogP contribution is -2.47. The molecule has 0 aliphatic carbocycles. The van der Waals surface area contributed by atoms with Gasteiger partial charge in [-0.15, -0.1) is 19.7 Å². The van der Waals surface area contributed by atoms with Crippen LogP contribution in [0.4, 0.5) is 0 Å². The Morgan fingerprint density at radius 2 is 1.11 bits per heavy atom. The van der Waals surface area contributed by atoms with Crippen LogP contribution in [-0.4, -0.2) is 35.1 Å². The maximum atomic E-state index is 9.77. The largest absolute Gasteiger partial charge is 0.396 e. The number of allylic oxidation sites excluding steroid dienone is 3. The molecule has 0 radical (unpaired) electrons. The summed E-state index contributed by atoms with van der Waals surface area (Å²) in [6, 6.07) is 0. The summed E-state index contributed by atoms with van der Waals surface area (Å²) in [7, 11) is 0. The van der Waals surface area contributed by atoms with Gasteiger partial charge in [0, 0.05) is 12.0 Å². The van der Waals surface area contributed by atoms with Crippen LogP contribution in [0.2, 0.25) is 0 Å². The first-order valence-electron chi connectivity index (χ1n) is 6.27. The quantitative estimate of drug-likeness (QED) is 0.495. The summed E-state index contributed by atoms with van der Waals surface area (Å²) in [6.45, 7) is 10.9. The maximum absolute atomic E-state index is 9.77. The smallest absolute Gasteiger partial charge is 0.0518 e. The molecule has 0 rings (SSSR count). The molecule has 0 aromatic heterocycles. The number of hydrogen-bond acceptors (Lipinski definition) is 3. The lowest BCUT2D eigenvalue weighted by Gasteiger charge is -2.48. The van der Waals surface area contributed by atoms with Gasteiger partial charge >= 0.3 is 0 Å². The zero-order valence-corrected chi connectivity index (χ0v) is 11.1. The highest BCUT2D eigenvalue weighted by Gasteiger charge is 2.47. The Hall–Kier alpha value is -0.900. The second kappa shape index (κ2) is 8.25. The molecule has 0 aromatic carbocycles. The molecule has 0 saturated carbocycles. The second-order valence-corrected chi connectivity index (χ2v) is 4.83. The highest BCUT2D eigenvalue weighted by atomic mass is 16.3. The molecule has 0 atom stereocenters. The van der Waals surface area contributed by atoms with E-state index in [9.17, 15) is 15.3 Å². The highest BCUT2D eigenvalue weighted by Crippen LogP contribution is 2.50. The van der Waals surface area contributed by atoms with Gasteiger partial charge in [-0.3, -0.25) is 0 Å². The van der Waals surface area contributed by atoms with Gasteiger partial charge in [0.15, 0.2) is 0 Å². The van der Waals surface area contributed by atoms with Gasteiger partial charge in [0.25, 0.3) is 0 Å². The lowest BCUT2D eigenvalue weighted by atomic mass is 9.57. The normalized spacial score (nSPS) is 12.2. The molecule has 3 heteroatoms. The van der Waals surface area contributed by atoms with Gasteiger partial charge in [-0.1, -0.05) is 18.2 Å². The monoisotopic (exact) mass is 254 g/mol. The summed E-state index contributed by atoms with van der Waals surface area (Å²) in [5.74, 6) is 0. The number of hydrogen-bond donors (Lipinski definition) is 3. The molecule has 3 N–H and O–H groups in total. The van der Waals surface area contributed by atoms with E-state index in [-0.39, 0.29) is 19.8 Å². The summed E-state index contributed by atoms with van der Waals surface area (Å²) in [5, 5.41) is 28.9. The molecule has 0 amide bonds. The molecular weight excluding hydrogens is 228 g/mol. The van der Waals surface area contributed by atoms with Crippen molar-refractivity contribution in [1.29, 1.82) is 0 Å². The molecule has 0 saturated heterocycles. The van der Waals surface area contributed by atoms with E-state index in [1.54, 1.807) is 18.2 Å². The first kappa shape index (κ1) is 17.1. The Bertz CT molecular complexity index is 257. The molecule has 0 aliphatic heterocycles. The summed E-state index contributed by atoms with van der Waals surface area (Å²) in [4.78, 5) is 0. The predicted molar refractivity (Wildman–Crippen MR) is 75.2 cm³/mol. The van der Waals surface area contributed by atoms with Gasteiger partial charge < -0.3 is 15.3 Å². The third kappa shape index (κ3) is 3.31. The number of aliphatic hydroxyl groups is 3. The van der Waals surface area contributed by atoms with E-state index in [1.165, 1.54) is 0 Å². The molecule has 0 bridgehead atoms. The molecule has 3 nitrogen and oxygen atoms in total. The van der Waals surface area contributed by atoms with Crippen molar-refractivity contribution in [3.63, 3.8) is 0 Å². The van der Waals surface area contributed by atoms with Crippen molar-refractivity contribution in [2.45, 2.75) is 25.7 Å². The molecular formula is C15H26O3. The van der Waals surface area contributed by atoms with Crippen LogP contribution in [0.5, 0.6) is 0 Å². The Labute approximate surface area is 110 Å². The summed E-state index contributed by atoms with van der Waals surface area (Å²) in [6.07, 6.45) is 7.42. The fourth-order valence-electron chi connectivity index (χ4n) is 2.76. The summed E-state index contributed by atoms with van der Waals surface area (Å²) in [5.41, 5.74) is -1.15. The molecule has 104 valence electrons. The van der Waals surface area contributed by atoms with E-state index < -0.39 is 10.8 Å². The Kier molecular flexibility index (Phi) is 7.83. The van der Waals surface area contributed by atoms with Crippen molar-refractivity contribution in [1.82, 2.24) is 0 Å². The lowest BCUT2D eigenvalue weighted by molar-refractivity contribution is -0.0683. The first-order chi connectivity index (χ1) is 8.61. The topological polar surface area (TPSA) is 60.7 Å². The van der Waals surface area contributed by atoms with Crippen LogP contribution < -0.4 is 0 Å². The maximum Gasteiger partial charge on any atom is 0.0518 e. The van der Waals surface area contributed by atoms with Crippen molar-refractivity contribution >= 4 is 0 Å². The number of rotatable bonds is 11. The SMILES string of the molecule is C=CCC(CO)(CO)C(CC=C)(CC=C)CCO. The van der Waals surface area contributed by atoms with Crippen molar-refractivity contribution in [2.24, 2.45) is 10.8 Å². The van der Waals surface area contributed by atoms with E-state index in [1.807, 2.05) is 0 Å². The zero-order valence-electron chi connectivity index (χ0n) is 11.1. The van der Waals surface area contributed by atoms with Crippen molar-refractivity contribution in [3.05, 3.63) is 38.0 Å². The van der Waals surface area contributed by atoms with Crippen LogP contribution in [0.3, 0.4) is 0 Å². The fraction of sp³-hybridized carbons (Fsp3) is 0.600. The third-order valence-corrected chi connectivity index (χ3v) is 3.93. The van der Waals surface area contributed by atoms with Crippen LogP contribution in [0, 0.1) is 10.8 Å². The average Bonchev–Trinajstić information content (AvgIpc) is 2.37. The van der Waals surface area contributed by atoms with E-state index in [0.29, 0.717) is 25.7 Å². The Morgan fingerprint density at radius 1 is 0.722 bits per heavy atom. The third-order valence-electron chi connectivity index (χ3n) is 3.93.